The zero-order chi connectivity index (χ0) is 21.1. The third kappa shape index (κ3) is 4.20. The second-order valence-electron chi connectivity index (χ2n) is 6.36. The van der Waals surface area contributed by atoms with Gasteiger partial charge in [-0.25, -0.2) is 9.69 Å². The Hall–Kier alpha value is -3.44. The van der Waals surface area contributed by atoms with Crippen LogP contribution in [0.2, 0.25) is 0 Å². The van der Waals surface area contributed by atoms with Crippen LogP contribution in [0.5, 0.6) is 5.75 Å². The molecule has 0 unspecified atom stereocenters. The van der Waals surface area contributed by atoms with E-state index in [-0.39, 0.29) is 12.2 Å². The van der Waals surface area contributed by atoms with Crippen LogP contribution in [0, 0.1) is 25.2 Å². The first-order chi connectivity index (χ1) is 13.8. The lowest BCUT2D eigenvalue weighted by Gasteiger charge is -2.27. The van der Waals surface area contributed by atoms with Crippen LogP contribution in [0.25, 0.3) is 6.08 Å². The normalized spacial score (nSPS) is 15.3. The van der Waals surface area contributed by atoms with Crippen molar-refractivity contribution in [1.29, 1.82) is 5.26 Å². The highest BCUT2D eigenvalue weighted by atomic mass is 79.9. The molecule has 1 saturated heterocycles. The fraction of sp³-hybridized carbons (Fsp3) is 0.143. The Morgan fingerprint density at radius 2 is 1.90 bits per heavy atom. The van der Waals surface area contributed by atoms with Gasteiger partial charge in [-0.05, 0) is 61.4 Å². The van der Waals surface area contributed by atoms with Crippen LogP contribution in [0.4, 0.5) is 10.5 Å². The van der Waals surface area contributed by atoms with Crippen molar-refractivity contribution in [1.82, 2.24) is 5.32 Å². The van der Waals surface area contributed by atoms with Crippen molar-refractivity contribution in [2.45, 2.75) is 13.8 Å². The van der Waals surface area contributed by atoms with E-state index in [1.54, 1.807) is 36.4 Å². The van der Waals surface area contributed by atoms with Crippen molar-refractivity contribution < 1.29 is 19.1 Å². The molecule has 2 aromatic carbocycles. The van der Waals surface area contributed by atoms with Gasteiger partial charge in [0, 0.05) is 10.0 Å². The van der Waals surface area contributed by atoms with E-state index in [9.17, 15) is 14.4 Å². The standard InChI is InChI=1S/C21H16BrN3O4/c1-12-3-5-16(9-13(12)2)25-20(27)17(19(26)24-21(25)28)11-14-10-15(22)4-6-18(14)29-8-7-23/h3-6,9-11H,8H2,1-2H3,(H,24,26,28)/b17-11+. The topological polar surface area (TPSA) is 99.5 Å². The minimum absolute atomic E-state index is 0.189. The highest BCUT2D eigenvalue weighted by Crippen LogP contribution is 2.28. The van der Waals surface area contributed by atoms with Crippen molar-refractivity contribution in [2.24, 2.45) is 0 Å². The number of anilines is 1. The lowest BCUT2D eigenvalue weighted by Crippen LogP contribution is -2.54. The van der Waals surface area contributed by atoms with Crippen LogP contribution in [0.1, 0.15) is 16.7 Å². The lowest BCUT2D eigenvalue weighted by atomic mass is 10.0. The number of carbonyl (C=O) groups excluding carboxylic acids is 3. The number of amides is 4. The summed E-state index contributed by atoms with van der Waals surface area (Å²) in [6, 6.07) is 11.2. The smallest absolute Gasteiger partial charge is 0.335 e. The molecule has 0 aromatic heterocycles. The molecule has 0 radical (unpaired) electrons. The molecule has 1 fully saturated rings. The Morgan fingerprint density at radius 1 is 1.14 bits per heavy atom. The van der Waals surface area contributed by atoms with Crippen molar-refractivity contribution in [3.63, 3.8) is 0 Å². The zero-order valence-corrected chi connectivity index (χ0v) is 17.2. The SMILES string of the molecule is Cc1ccc(N2C(=O)NC(=O)/C(=C\c3cc(Br)ccc3OCC#N)C2=O)cc1C. The third-order valence-electron chi connectivity index (χ3n) is 4.41. The summed E-state index contributed by atoms with van der Waals surface area (Å²) in [4.78, 5) is 38.7. The largest absolute Gasteiger partial charge is 0.478 e. The number of carbonyl (C=O) groups is 3. The summed E-state index contributed by atoms with van der Waals surface area (Å²) in [6.07, 6.45) is 1.34. The number of aryl methyl sites for hydroxylation is 2. The molecular formula is C21H16BrN3O4. The van der Waals surface area contributed by atoms with Gasteiger partial charge >= 0.3 is 6.03 Å². The number of nitriles is 1. The van der Waals surface area contributed by atoms with Crippen molar-refractivity contribution in [2.75, 3.05) is 11.5 Å². The molecule has 1 aliphatic heterocycles. The van der Waals surface area contributed by atoms with E-state index in [2.05, 4.69) is 21.2 Å². The summed E-state index contributed by atoms with van der Waals surface area (Å²) in [6.45, 7) is 3.60. The summed E-state index contributed by atoms with van der Waals surface area (Å²) < 4.78 is 6.06. The first-order valence-corrected chi connectivity index (χ1v) is 9.39. The summed E-state index contributed by atoms with van der Waals surface area (Å²) >= 11 is 3.33. The van der Waals surface area contributed by atoms with Gasteiger partial charge in [0.25, 0.3) is 11.8 Å². The first kappa shape index (κ1) is 20.3. The minimum Gasteiger partial charge on any atom is -0.478 e. The molecule has 0 aliphatic carbocycles. The Bertz CT molecular complexity index is 1100. The number of imide groups is 2. The van der Waals surface area contributed by atoms with Gasteiger partial charge in [-0.2, -0.15) is 5.26 Å². The van der Waals surface area contributed by atoms with E-state index in [0.717, 1.165) is 16.0 Å². The molecule has 2 aromatic rings. The summed E-state index contributed by atoms with van der Waals surface area (Å²) in [5.41, 5.74) is 2.48. The molecule has 1 N–H and O–H groups in total. The van der Waals surface area contributed by atoms with Gasteiger partial charge in [0.05, 0.1) is 5.69 Å². The first-order valence-electron chi connectivity index (χ1n) is 8.60. The summed E-state index contributed by atoms with van der Waals surface area (Å²) in [5, 5.41) is 10.9. The average Bonchev–Trinajstić information content (AvgIpc) is 2.67. The van der Waals surface area contributed by atoms with Gasteiger partial charge in [-0.15, -0.1) is 0 Å². The van der Waals surface area contributed by atoms with Crippen LogP contribution in [-0.2, 0) is 9.59 Å². The van der Waals surface area contributed by atoms with Gasteiger partial charge in [-0.1, -0.05) is 22.0 Å². The third-order valence-corrected chi connectivity index (χ3v) is 4.91. The minimum atomic E-state index is -0.810. The molecule has 146 valence electrons. The lowest BCUT2D eigenvalue weighted by molar-refractivity contribution is -0.122. The zero-order valence-electron chi connectivity index (χ0n) is 15.7. The summed E-state index contributed by atoms with van der Waals surface area (Å²) in [7, 11) is 0. The molecule has 3 rings (SSSR count). The highest BCUT2D eigenvalue weighted by Gasteiger charge is 2.37. The molecule has 29 heavy (non-hydrogen) atoms. The maximum Gasteiger partial charge on any atom is 0.335 e. The number of ether oxygens (including phenoxy) is 1. The molecular weight excluding hydrogens is 438 g/mol. The number of rotatable bonds is 4. The van der Waals surface area contributed by atoms with Crippen molar-refractivity contribution in [3.8, 4) is 11.8 Å². The average molecular weight is 454 g/mol. The second-order valence-corrected chi connectivity index (χ2v) is 7.27. The number of hydrogen-bond acceptors (Lipinski definition) is 5. The number of nitrogens with one attached hydrogen (secondary N) is 1. The van der Waals surface area contributed by atoms with Gasteiger partial charge in [0.1, 0.15) is 17.4 Å². The van der Waals surface area contributed by atoms with E-state index in [0.29, 0.717) is 21.5 Å². The maximum atomic E-state index is 13.0. The molecule has 8 heteroatoms. The van der Waals surface area contributed by atoms with E-state index in [1.165, 1.54) is 6.08 Å². The van der Waals surface area contributed by atoms with E-state index in [4.69, 9.17) is 10.00 Å². The van der Waals surface area contributed by atoms with Crippen molar-refractivity contribution >= 4 is 45.5 Å². The van der Waals surface area contributed by atoms with E-state index in [1.807, 2.05) is 19.9 Å². The van der Waals surface area contributed by atoms with E-state index >= 15 is 0 Å². The van der Waals surface area contributed by atoms with Gasteiger partial charge < -0.3 is 4.74 Å². The van der Waals surface area contributed by atoms with Crippen molar-refractivity contribution in [3.05, 3.63) is 63.1 Å². The highest BCUT2D eigenvalue weighted by molar-refractivity contribution is 9.10. The number of halogens is 1. The fourth-order valence-corrected chi connectivity index (χ4v) is 3.16. The van der Waals surface area contributed by atoms with Gasteiger partial charge in [-0.3, -0.25) is 14.9 Å². The van der Waals surface area contributed by atoms with Crippen LogP contribution < -0.4 is 15.0 Å². The number of barbiturate groups is 1. The Labute approximate surface area is 175 Å². The molecule has 7 nitrogen and oxygen atoms in total. The Balaban J connectivity index is 2.05. The number of hydrogen-bond donors (Lipinski definition) is 1. The predicted molar refractivity (Wildman–Crippen MR) is 110 cm³/mol. The van der Waals surface area contributed by atoms with Gasteiger partial charge in [0.15, 0.2) is 6.61 Å². The maximum absolute atomic E-state index is 13.0. The Morgan fingerprint density at radius 3 is 2.59 bits per heavy atom. The molecule has 0 spiro atoms. The number of nitrogens with zero attached hydrogens (tertiary/aromatic N) is 2. The quantitative estimate of drug-likeness (QED) is 0.562. The van der Waals surface area contributed by atoms with Crippen LogP contribution in [0.3, 0.4) is 0 Å². The molecule has 4 amide bonds. The summed E-state index contributed by atoms with van der Waals surface area (Å²) in [5.74, 6) is -1.21. The molecule has 0 atom stereocenters. The van der Waals surface area contributed by atoms with Gasteiger partial charge in [0.2, 0.25) is 0 Å². The molecule has 1 aliphatic rings. The fourth-order valence-electron chi connectivity index (χ4n) is 2.79. The van der Waals surface area contributed by atoms with Crippen LogP contribution in [0.15, 0.2) is 46.4 Å². The molecule has 1 heterocycles. The number of benzene rings is 2. The van der Waals surface area contributed by atoms with Crippen LogP contribution >= 0.6 is 15.9 Å². The predicted octanol–water partition coefficient (Wildman–Crippen LogP) is 3.63. The van der Waals surface area contributed by atoms with Crippen LogP contribution in [-0.4, -0.2) is 24.5 Å². The second kappa shape index (κ2) is 8.29. The molecule has 0 saturated carbocycles. The van der Waals surface area contributed by atoms with E-state index < -0.39 is 17.8 Å². The Kier molecular flexibility index (Phi) is 5.80. The number of urea groups is 1. The molecule has 0 bridgehead atoms. The monoisotopic (exact) mass is 453 g/mol.